The molecule has 6 rings (SSSR count). The number of hydrogen-bond donors (Lipinski definition) is 1. The molecule has 38 heavy (non-hydrogen) atoms. The number of benzene rings is 5. The fraction of sp³-hybridized carbons (Fsp3) is 0. The second kappa shape index (κ2) is 10.3. The maximum Gasteiger partial charge on any atom is 0.266 e. The summed E-state index contributed by atoms with van der Waals surface area (Å²) in [6, 6.07) is 41.5. The summed E-state index contributed by atoms with van der Waals surface area (Å²) in [6.45, 7) is 0. The van der Waals surface area contributed by atoms with Gasteiger partial charge in [-0.05, 0) is 84.5 Å². The number of hydrogen-bond acceptors (Lipinski definition) is 4. The molecule has 184 valence electrons. The van der Waals surface area contributed by atoms with Gasteiger partial charge in [-0.2, -0.15) is 0 Å². The fourth-order valence-corrected chi connectivity index (χ4v) is 7.67. The Morgan fingerprint density at radius 3 is 1.66 bits per heavy atom. The monoisotopic (exact) mass is 530 g/mol. The number of fused-ring (bicyclic) bond motifs is 1. The SMILES string of the molecule is Nc1ccc(Sc2ccc(N3C(=O)c4ccc(P(c5ccccc5)c5ccccc5)cc4C3=O)cc2)cc1. The molecule has 4 nitrogen and oxygen atoms in total. The van der Waals surface area contributed by atoms with Crippen LogP contribution >= 0.6 is 19.7 Å². The number of nitrogens with two attached hydrogens (primary N) is 1. The van der Waals surface area contributed by atoms with Crippen LogP contribution in [0.1, 0.15) is 20.7 Å². The minimum atomic E-state index is -0.878. The summed E-state index contributed by atoms with van der Waals surface area (Å²) in [6.07, 6.45) is 0. The molecule has 0 aliphatic carbocycles. The topological polar surface area (TPSA) is 63.4 Å². The number of carbonyl (C=O) groups is 2. The van der Waals surface area contributed by atoms with Gasteiger partial charge in [-0.3, -0.25) is 9.59 Å². The first-order valence-electron chi connectivity index (χ1n) is 12.1. The van der Waals surface area contributed by atoms with Gasteiger partial charge in [0.2, 0.25) is 0 Å². The molecule has 2 N–H and O–H groups in total. The minimum absolute atomic E-state index is 0.290. The van der Waals surface area contributed by atoms with Crippen LogP contribution in [0.2, 0.25) is 0 Å². The van der Waals surface area contributed by atoms with Gasteiger partial charge in [0.25, 0.3) is 11.8 Å². The van der Waals surface area contributed by atoms with E-state index in [4.69, 9.17) is 5.73 Å². The van der Waals surface area contributed by atoms with Crippen molar-refractivity contribution >= 4 is 58.8 Å². The van der Waals surface area contributed by atoms with Crippen LogP contribution in [0.5, 0.6) is 0 Å². The van der Waals surface area contributed by atoms with Crippen molar-refractivity contribution in [1.29, 1.82) is 0 Å². The third kappa shape index (κ3) is 4.63. The van der Waals surface area contributed by atoms with E-state index in [9.17, 15) is 9.59 Å². The molecule has 1 heterocycles. The highest BCUT2D eigenvalue weighted by atomic mass is 32.2. The Morgan fingerprint density at radius 1 is 0.553 bits per heavy atom. The molecule has 0 saturated carbocycles. The molecular weight excluding hydrogens is 507 g/mol. The molecule has 0 unspecified atom stereocenters. The van der Waals surface area contributed by atoms with Crippen LogP contribution in [-0.2, 0) is 0 Å². The lowest BCUT2D eigenvalue weighted by atomic mass is 10.1. The third-order valence-corrected chi connectivity index (χ3v) is 9.81. The highest BCUT2D eigenvalue weighted by Gasteiger charge is 2.37. The van der Waals surface area contributed by atoms with Gasteiger partial charge in [0, 0.05) is 15.5 Å². The molecule has 6 heteroatoms. The van der Waals surface area contributed by atoms with Crippen LogP contribution < -0.4 is 26.5 Å². The molecule has 5 aromatic rings. The van der Waals surface area contributed by atoms with Gasteiger partial charge in [-0.25, -0.2) is 4.90 Å². The Bertz CT molecular complexity index is 1580. The molecule has 0 fully saturated rings. The van der Waals surface area contributed by atoms with Gasteiger partial charge in [0.15, 0.2) is 0 Å². The molecule has 0 atom stereocenters. The summed E-state index contributed by atoms with van der Waals surface area (Å²) >= 11 is 1.60. The number of carbonyl (C=O) groups excluding carboxylic acids is 2. The zero-order valence-electron chi connectivity index (χ0n) is 20.3. The molecule has 0 bridgehead atoms. The van der Waals surface area contributed by atoms with Crippen LogP contribution in [0.4, 0.5) is 11.4 Å². The van der Waals surface area contributed by atoms with E-state index < -0.39 is 7.92 Å². The summed E-state index contributed by atoms with van der Waals surface area (Å²) in [7, 11) is -0.878. The first kappa shape index (κ1) is 24.2. The largest absolute Gasteiger partial charge is 0.399 e. The van der Waals surface area contributed by atoms with E-state index in [0.717, 1.165) is 20.8 Å². The maximum atomic E-state index is 13.6. The molecule has 1 aliphatic heterocycles. The van der Waals surface area contributed by atoms with Crippen molar-refractivity contribution in [2.75, 3.05) is 10.6 Å². The number of rotatable bonds is 6. The van der Waals surface area contributed by atoms with E-state index in [2.05, 4.69) is 24.3 Å². The second-order valence-electron chi connectivity index (χ2n) is 8.85. The van der Waals surface area contributed by atoms with Crippen molar-refractivity contribution in [3.63, 3.8) is 0 Å². The lowest BCUT2D eigenvalue weighted by Crippen LogP contribution is -2.29. The predicted molar refractivity (Wildman–Crippen MR) is 158 cm³/mol. The van der Waals surface area contributed by atoms with Gasteiger partial charge in [0.1, 0.15) is 0 Å². The first-order chi connectivity index (χ1) is 18.6. The Balaban J connectivity index is 1.30. The molecule has 2 amide bonds. The lowest BCUT2D eigenvalue weighted by Gasteiger charge is -2.19. The van der Waals surface area contributed by atoms with Gasteiger partial charge in [-0.15, -0.1) is 0 Å². The Kier molecular flexibility index (Phi) is 6.55. The van der Waals surface area contributed by atoms with E-state index in [0.29, 0.717) is 16.8 Å². The van der Waals surface area contributed by atoms with Crippen LogP contribution in [0.15, 0.2) is 137 Å². The summed E-state index contributed by atoms with van der Waals surface area (Å²) in [5.74, 6) is -0.582. The molecule has 0 radical (unpaired) electrons. The maximum absolute atomic E-state index is 13.6. The Labute approximate surface area is 226 Å². The number of anilines is 2. The Hall–Kier alpha value is -4.18. The summed E-state index contributed by atoms with van der Waals surface area (Å²) < 4.78 is 0. The Morgan fingerprint density at radius 2 is 1.08 bits per heavy atom. The molecule has 0 spiro atoms. The van der Waals surface area contributed by atoms with Crippen molar-refractivity contribution in [3.8, 4) is 0 Å². The van der Waals surface area contributed by atoms with Crippen LogP contribution in [-0.4, -0.2) is 11.8 Å². The average Bonchev–Trinajstić information content (AvgIpc) is 3.21. The van der Waals surface area contributed by atoms with E-state index in [1.807, 2.05) is 97.1 Å². The van der Waals surface area contributed by atoms with Crippen molar-refractivity contribution in [3.05, 3.63) is 139 Å². The highest BCUT2D eigenvalue weighted by molar-refractivity contribution is 7.99. The number of imide groups is 1. The standard InChI is InChI=1S/C32H23N2O2PS/c33-22-11-16-27(17-12-22)38-28-18-13-23(14-19-28)34-31(35)29-20-15-26(21-30(29)32(34)36)37(24-7-3-1-4-8-24)25-9-5-2-6-10-25/h1-21H,33H2. The van der Waals surface area contributed by atoms with E-state index >= 15 is 0 Å². The van der Waals surface area contributed by atoms with E-state index in [1.165, 1.54) is 15.5 Å². The predicted octanol–water partition coefficient (Wildman–Crippen LogP) is 5.98. The zero-order valence-corrected chi connectivity index (χ0v) is 22.0. The molecule has 1 aliphatic rings. The molecule has 5 aromatic carbocycles. The second-order valence-corrected chi connectivity index (χ2v) is 12.2. The number of amides is 2. The minimum Gasteiger partial charge on any atom is -0.399 e. The van der Waals surface area contributed by atoms with Gasteiger partial charge < -0.3 is 5.73 Å². The summed E-state index contributed by atoms with van der Waals surface area (Å²) in [5, 5.41) is 3.42. The lowest BCUT2D eigenvalue weighted by molar-refractivity contribution is 0.0926. The highest BCUT2D eigenvalue weighted by Crippen LogP contribution is 2.36. The number of nitrogens with zero attached hydrogens (tertiary/aromatic N) is 1. The van der Waals surface area contributed by atoms with E-state index in [-0.39, 0.29) is 11.8 Å². The summed E-state index contributed by atoms with van der Waals surface area (Å²) in [5.41, 5.74) is 7.95. The molecular formula is C32H23N2O2PS. The smallest absolute Gasteiger partial charge is 0.266 e. The van der Waals surface area contributed by atoms with Crippen LogP contribution in [0.25, 0.3) is 0 Å². The van der Waals surface area contributed by atoms with Gasteiger partial charge >= 0.3 is 0 Å². The van der Waals surface area contributed by atoms with Gasteiger partial charge in [-0.1, -0.05) is 78.5 Å². The van der Waals surface area contributed by atoms with Crippen molar-refractivity contribution in [2.45, 2.75) is 9.79 Å². The van der Waals surface area contributed by atoms with E-state index in [1.54, 1.807) is 17.8 Å². The molecule has 0 saturated heterocycles. The number of nitrogen functional groups attached to an aromatic ring is 1. The van der Waals surface area contributed by atoms with Gasteiger partial charge in [0.05, 0.1) is 16.8 Å². The summed E-state index contributed by atoms with van der Waals surface area (Å²) in [4.78, 5) is 30.2. The molecule has 0 aromatic heterocycles. The van der Waals surface area contributed by atoms with Crippen LogP contribution in [0, 0.1) is 0 Å². The van der Waals surface area contributed by atoms with Crippen LogP contribution in [0.3, 0.4) is 0 Å². The average molecular weight is 531 g/mol. The normalized spacial score (nSPS) is 12.7. The van der Waals surface area contributed by atoms with Crippen molar-refractivity contribution < 1.29 is 9.59 Å². The third-order valence-electron chi connectivity index (χ3n) is 6.37. The zero-order chi connectivity index (χ0) is 26.1. The van der Waals surface area contributed by atoms with Crippen molar-refractivity contribution in [2.24, 2.45) is 0 Å². The first-order valence-corrected chi connectivity index (χ1v) is 14.3. The quantitative estimate of drug-likeness (QED) is 0.167. The van der Waals surface area contributed by atoms with Crippen molar-refractivity contribution in [1.82, 2.24) is 0 Å². The fourth-order valence-electron chi connectivity index (χ4n) is 4.54.